The van der Waals surface area contributed by atoms with Crippen molar-refractivity contribution in [3.63, 3.8) is 0 Å². The van der Waals surface area contributed by atoms with E-state index in [4.69, 9.17) is 9.47 Å². The highest BCUT2D eigenvalue weighted by atomic mass is 127. The number of nitrogens with zero attached hydrogens (tertiary/aromatic N) is 1. The number of carbonyl (C=O) groups excluding carboxylic acids is 1. The molecule has 1 rings (SSSR count). The topological polar surface area (TPSA) is 84.0 Å². The molecule has 29 heavy (non-hydrogen) atoms. The van der Waals surface area contributed by atoms with Crippen molar-refractivity contribution in [1.82, 2.24) is 16.0 Å². The summed E-state index contributed by atoms with van der Waals surface area (Å²) in [5, 5.41) is 9.84. The van der Waals surface area contributed by atoms with Crippen LogP contribution in [0.25, 0.3) is 0 Å². The second-order valence-electron chi connectivity index (χ2n) is 8.89. The Balaban J connectivity index is 0.00000784. The number of carbonyl (C=O) groups is 1. The Hall–Kier alpha value is -0.770. The van der Waals surface area contributed by atoms with Crippen LogP contribution in [-0.4, -0.2) is 57.5 Å². The average Bonchev–Trinajstić information content (AvgIpc) is 2.59. The highest BCUT2D eigenvalue weighted by Crippen LogP contribution is 2.43. The standard InChI is InChI=1S/C21H42N4O3.HI/c1-7-8-10-17(15-23-19(26)28-20(2,3)4)25-18(22-5)24-16-21(11-9-12-21)13-14-27-6;/h17H,7-16H2,1-6H3,(H,23,26)(H2,22,24,25);1H. The maximum Gasteiger partial charge on any atom is 0.407 e. The van der Waals surface area contributed by atoms with Crippen molar-refractivity contribution in [2.45, 2.75) is 84.3 Å². The lowest BCUT2D eigenvalue weighted by atomic mass is 9.67. The van der Waals surface area contributed by atoms with E-state index in [2.05, 4.69) is 27.9 Å². The third-order valence-electron chi connectivity index (χ3n) is 5.24. The average molecular weight is 527 g/mol. The van der Waals surface area contributed by atoms with Gasteiger partial charge in [0.25, 0.3) is 0 Å². The molecule has 0 heterocycles. The molecule has 3 N–H and O–H groups in total. The fourth-order valence-corrected chi connectivity index (χ4v) is 3.37. The maximum atomic E-state index is 12.0. The van der Waals surface area contributed by atoms with Crippen molar-refractivity contribution >= 4 is 36.0 Å². The molecule has 1 amide bonds. The van der Waals surface area contributed by atoms with E-state index in [1.165, 1.54) is 19.3 Å². The van der Waals surface area contributed by atoms with Gasteiger partial charge in [-0.05, 0) is 51.9 Å². The number of hydrogen-bond acceptors (Lipinski definition) is 4. The molecule has 1 aliphatic rings. The van der Waals surface area contributed by atoms with Crippen molar-refractivity contribution < 1.29 is 14.3 Å². The molecule has 1 unspecified atom stereocenters. The molecule has 0 spiro atoms. The fourth-order valence-electron chi connectivity index (χ4n) is 3.37. The normalized spacial score (nSPS) is 16.8. The molecule has 172 valence electrons. The first-order valence-corrected chi connectivity index (χ1v) is 10.7. The third kappa shape index (κ3) is 11.9. The second kappa shape index (κ2) is 14.3. The van der Waals surface area contributed by atoms with Crippen LogP contribution in [0.1, 0.15) is 72.6 Å². The van der Waals surface area contributed by atoms with Crippen LogP contribution in [0.3, 0.4) is 0 Å². The van der Waals surface area contributed by atoms with Crippen LogP contribution in [0.2, 0.25) is 0 Å². The number of halogens is 1. The highest BCUT2D eigenvalue weighted by Gasteiger charge is 2.36. The number of methoxy groups -OCH3 is 1. The van der Waals surface area contributed by atoms with Gasteiger partial charge in [0.2, 0.25) is 0 Å². The number of amides is 1. The van der Waals surface area contributed by atoms with Crippen LogP contribution in [0.5, 0.6) is 0 Å². The smallest absolute Gasteiger partial charge is 0.407 e. The van der Waals surface area contributed by atoms with Gasteiger partial charge in [-0.3, -0.25) is 4.99 Å². The van der Waals surface area contributed by atoms with E-state index in [1.807, 2.05) is 20.8 Å². The van der Waals surface area contributed by atoms with E-state index in [-0.39, 0.29) is 36.1 Å². The molecule has 0 radical (unpaired) electrons. The molecule has 1 fully saturated rings. The zero-order valence-corrected chi connectivity index (χ0v) is 21.6. The number of unbranched alkanes of at least 4 members (excludes halogenated alkanes) is 1. The molecule has 1 saturated carbocycles. The van der Waals surface area contributed by atoms with Gasteiger partial charge in [0.05, 0.1) is 0 Å². The van der Waals surface area contributed by atoms with Crippen LogP contribution in [-0.2, 0) is 9.47 Å². The molecule has 0 aromatic rings. The van der Waals surface area contributed by atoms with E-state index in [1.54, 1.807) is 14.2 Å². The lowest BCUT2D eigenvalue weighted by molar-refractivity contribution is 0.0522. The van der Waals surface area contributed by atoms with E-state index >= 15 is 0 Å². The zero-order chi connectivity index (χ0) is 21.0. The zero-order valence-electron chi connectivity index (χ0n) is 19.2. The molecular formula is C21H43IN4O3. The largest absolute Gasteiger partial charge is 0.444 e. The number of alkyl carbamates (subject to hydrolysis) is 1. The molecule has 7 nitrogen and oxygen atoms in total. The summed E-state index contributed by atoms with van der Waals surface area (Å²) in [5.74, 6) is 0.788. The van der Waals surface area contributed by atoms with Crippen molar-refractivity contribution in [1.29, 1.82) is 0 Å². The Kier molecular flexibility index (Phi) is 13.9. The van der Waals surface area contributed by atoms with Crippen molar-refractivity contribution in [2.75, 3.05) is 33.9 Å². The van der Waals surface area contributed by atoms with Crippen LogP contribution in [0, 0.1) is 5.41 Å². The summed E-state index contributed by atoms with van der Waals surface area (Å²) < 4.78 is 10.6. The van der Waals surface area contributed by atoms with Gasteiger partial charge in [0.1, 0.15) is 5.60 Å². The first-order valence-electron chi connectivity index (χ1n) is 10.7. The molecule has 1 aliphatic carbocycles. The summed E-state index contributed by atoms with van der Waals surface area (Å²) >= 11 is 0. The van der Waals surface area contributed by atoms with Crippen molar-refractivity contribution in [3.8, 4) is 0 Å². The number of hydrogen-bond donors (Lipinski definition) is 3. The third-order valence-corrected chi connectivity index (χ3v) is 5.24. The van der Waals surface area contributed by atoms with Gasteiger partial charge in [0, 0.05) is 39.9 Å². The van der Waals surface area contributed by atoms with Crippen LogP contribution in [0.15, 0.2) is 4.99 Å². The fraction of sp³-hybridized carbons (Fsp3) is 0.905. The number of ether oxygens (including phenoxy) is 2. The van der Waals surface area contributed by atoms with Crippen molar-refractivity contribution in [2.24, 2.45) is 10.4 Å². The van der Waals surface area contributed by atoms with Gasteiger partial charge in [-0.2, -0.15) is 0 Å². The van der Waals surface area contributed by atoms with Crippen LogP contribution < -0.4 is 16.0 Å². The molecule has 0 saturated heterocycles. The second-order valence-corrected chi connectivity index (χ2v) is 8.89. The quantitative estimate of drug-likeness (QED) is 0.215. The van der Waals surface area contributed by atoms with E-state index in [0.717, 1.165) is 44.8 Å². The Bertz CT molecular complexity index is 491. The first-order chi connectivity index (χ1) is 13.2. The first kappa shape index (κ1) is 28.2. The number of aliphatic imine (C=N–C) groups is 1. The lowest BCUT2D eigenvalue weighted by Gasteiger charge is -2.42. The summed E-state index contributed by atoms with van der Waals surface area (Å²) in [5.41, 5.74) is -0.172. The SMILES string of the molecule is CCCCC(CNC(=O)OC(C)(C)C)NC(=NC)NCC1(CCOC)CCC1.I. The van der Waals surface area contributed by atoms with E-state index in [9.17, 15) is 4.79 Å². The van der Waals surface area contributed by atoms with Crippen LogP contribution >= 0.6 is 24.0 Å². The Morgan fingerprint density at radius 1 is 1.24 bits per heavy atom. The lowest BCUT2D eigenvalue weighted by Crippen LogP contribution is -2.52. The van der Waals surface area contributed by atoms with Crippen molar-refractivity contribution in [3.05, 3.63) is 0 Å². The molecule has 0 aliphatic heterocycles. The van der Waals surface area contributed by atoms with Gasteiger partial charge in [0.15, 0.2) is 5.96 Å². The number of guanidine groups is 1. The monoisotopic (exact) mass is 526 g/mol. The Labute approximate surface area is 194 Å². The molecular weight excluding hydrogens is 483 g/mol. The molecule has 0 aromatic carbocycles. The van der Waals surface area contributed by atoms with Gasteiger partial charge < -0.3 is 25.4 Å². The minimum absolute atomic E-state index is 0. The van der Waals surface area contributed by atoms with Crippen LogP contribution in [0.4, 0.5) is 4.79 Å². The molecule has 8 heteroatoms. The van der Waals surface area contributed by atoms with Gasteiger partial charge in [-0.25, -0.2) is 4.79 Å². The summed E-state index contributed by atoms with van der Waals surface area (Å²) in [6.45, 7) is 9.97. The van der Waals surface area contributed by atoms with E-state index in [0.29, 0.717) is 12.0 Å². The van der Waals surface area contributed by atoms with E-state index < -0.39 is 5.60 Å². The maximum absolute atomic E-state index is 12.0. The van der Waals surface area contributed by atoms with Gasteiger partial charge in [-0.15, -0.1) is 24.0 Å². The molecule has 1 atom stereocenters. The Morgan fingerprint density at radius 3 is 2.41 bits per heavy atom. The Morgan fingerprint density at radius 2 is 1.93 bits per heavy atom. The van der Waals surface area contributed by atoms with Gasteiger partial charge >= 0.3 is 6.09 Å². The predicted octanol–water partition coefficient (Wildman–Crippen LogP) is 4.06. The van der Waals surface area contributed by atoms with Gasteiger partial charge in [-0.1, -0.05) is 26.2 Å². The summed E-state index contributed by atoms with van der Waals surface area (Å²) in [6, 6.07) is 0.106. The molecule has 0 aromatic heterocycles. The minimum Gasteiger partial charge on any atom is -0.444 e. The highest BCUT2D eigenvalue weighted by molar-refractivity contribution is 14.0. The summed E-state index contributed by atoms with van der Waals surface area (Å²) in [7, 11) is 3.55. The summed E-state index contributed by atoms with van der Waals surface area (Å²) in [6.07, 6.45) is 7.61. The summed E-state index contributed by atoms with van der Waals surface area (Å²) in [4.78, 5) is 16.4. The predicted molar refractivity (Wildman–Crippen MR) is 130 cm³/mol. The molecule has 0 bridgehead atoms. The number of rotatable bonds is 11. The number of nitrogens with one attached hydrogen (secondary N) is 3. The minimum atomic E-state index is -0.493.